The summed E-state index contributed by atoms with van der Waals surface area (Å²) in [6, 6.07) is 26.4. The molecule has 6 rings (SSSR count). The highest BCUT2D eigenvalue weighted by molar-refractivity contribution is 9.10. The highest BCUT2D eigenvalue weighted by atomic mass is 79.9. The van der Waals surface area contributed by atoms with E-state index in [1.165, 1.54) is 38.3 Å². The number of benzene rings is 3. The van der Waals surface area contributed by atoms with Gasteiger partial charge in [0, 0.05) is 33.5 Å². The SMILES string of the molecule is Brc1ccc(CN2c3ccccc3[C@@H]3C[C@H]2Sc2[nH]c4ccccc4c23)cc1. The van der Waals surface area contributed by atoms with E-state index < -0.39 is 0 Å². The van der Waals surface area contributed by atoms with Gasteiger partial charge >= 0.3 is 0 Å². The number of anilines is 1. The molecule has 0 aliphatic carbocycles. The molecule has 2 nitrogen and oxygen atoms in total. The average molecular weight is 447 g/mol. The van der Waals surface area contributed by atoms with E-state index in [9.17, 15) is 0 Å². The van der Waals surface area contributed by atoms with Gasteiger partial charge in [-0.05, 0) is 47.4 Å². The van der Waals surface area contributed by atoms with E-state index in [1.807, 2.05) is 11.8 Å². The third-order valence-electron chi connectivity index (χ3n) is 5.99. The number of para-hydroxylation sites is 2. The second-order valence-corrected chi connectivity index (χ2v) is 9.69. The molecule has 2 atom stereocenters. The van der Waals surface area contributed by atoms with Gasteiger partial charge in [0.25, 0.3) is 0 Å². The smallest absolute Gasteiger partial charge is 0.0824 e. The Morgan fingerprint density at radius 3 is 2.64 bits per heavy atom. The summed E-state index contributed by atoms with van der Waals surface area (Å²) in [6.45, 7) is 0.935. The summed E-state index contributed by atoms with van der Waals surface area (Å²) in [7, 11) is 0. The molecule has 0 unspecified atom stereocenters. The van der Waals surface area contributed by atoms with Gasteiger partial charge in [0.2, 0.25) is 0 Å². The van der Waals surface area contributed by atoms with Gasteiger partial charge in [-0.25, -0.2) is 0 Å². The van der Waals surface area contributed by atoms with Crippen LogP contribution in [0.2, 0.25) is 0 Å². The van der Waals surface area contributed by atoms with Gasteiger partial charge in [-0.15, -0.1) is 0 Å². The molecule has 28 heavy (non-hydrogen) atoms. The molecule has 1 N–H and O–H groups in total. The van der Waals surface area contributed by atoms with Crippen molar-refractivity contribution in [2.75, 3.05) is 4.90 Å². The van der Waals surface area contributed by atoms with Crippen LogP contribution in [0.3, 0.4) is 0 Å². The molecule has 0 saturated carbocycles. The Balaban J connectivity index is 1.49. The van der Waals surface area contributed by atoms with E-state index in [0.29, 0.717) is 11.3 Å². The largest absolute Gasteiger partial charge is 0.355 e. The van der Waals surface area contributed by atoms with Gasteiger partial charge in [-0.2, -0.15) is 0 Å². The topological polar surface area (TPSA) is 19.0 Å². The number of hydrogen-bond acceptors (Lipinski definition) is 2. The lowest BCUT2D eigenvalue weighted by Gasteiger charge is -2.45. The van der Waals surface area contributed by atoms with Crippen molar-refractivity contribution in [2.24, 2.45) is 0 Å². The average Bonchev–Trinajstić information content (AvgIpc) is 3.10. The standard InChI is InChI=1S/C24H19BrN2S/c25-16-11-9-15(10-12-16)14-27-21-8-4-2-5-17(21)19-13-22(27)28-24-23(19)18-6-1-3-7-20(18)26-24/h1-12,19,22,26H,13-14H2/t19-,22+/m0/s1. The molecule has 4 heteroatoms. The first-order valence-corrected chi connectivity index (χ1v) is 11.3. The van der Waals surface area contributed by atoms with Crippen molar-refractivity contribution in [3.63, 3.8) is 0 Å². The fourth-order valence-electron chi connectivity index (χ4n) is 4.73. The van der Waals surface area contributed by atoms with Crippen LogP contribution in [0.1, 0.15) is 29.0 Å². The molecule has 2 aliphatic rings. The molecule has 0 radical (unpaired) electrons. The van der Waals surface area contributed by atoms with E-state index >= 15 is 0 Å². The maximum Gasteiger partial charge on any atom is 0.0824 e. The number of halogens is 1. The monoisotopic (exact) mass is 446 g/mol. The third-order valence-corrected chi connectivity index (χ3v) is 7.79. The van der Waals surface area contributed by atoms with Crippen molar-refractivity contribution < 1.29 is 0 Å². The molecule has 0 fully saturated rings. The zero-order chi connectivity index (χ0) is 18.7. The summed E-state index contributed by atoms with van der Waals surface area (Å²) in [6.07, 6.45) is 1.16. The van der Waals surface area contributed by atoms with Crippen molar-refractivity contribution in [2.45, 2.75) is 29.3 Å². The van der Waals surface area contributed by atoms with Gasteiger partial charge < -0.3 is 9.88 Å². The van der Waals surface area contributed by atoms with Crippen LogP contribution in [0.5, 0.6) is 0 Å². The van der Waals surface area contributed by atoms with Gasteiger partial charge in [-0.1, -0.05) is 76.2 Å². The summed E-state index contributed by atoms with van der Waals surface area (Å²) in [5.41, 5.74) is 6.94. The van der Waals surface area contributed by atoms with Crippen LogP contribution < -0.4 is 4.90 Å². The number of hydrogen-bond donors (Lipinski definition) is 1. The third kappa shape index (κ3) is 2.55. The van der Waals surface area contributed by atoms with Crippen LogP contribution in [0.25, 0.3) is 10.9 Å². The predicted molar refractivity (Wildman–Crippen MR) is 121 cm³/mol. The molecule has 2 aliphatic heterocycles. The summed E-state index contributed by atoms with van der Waals surface area (Å²) < 4.78 is 1.13. The normalized spacial score (nSPS) is 20.1. The molecule has 3 heterocycles. The summed E-state index contributed by atoms with van der Waals surface area (Å²) in [4.78, 5) is 6.29. The Bertz CT molecular complexity index is 1180. The maximum absolute atomic E-state index is 3.70. The molecule has 0 amide bonds. The number of rotatable bonds is 2. The molecular weight excluding hydrogens is 428 g/mol. The number of thioether (sulfide) groups is 1. The van der Waals surface area contributed by atoms with E-state index in [2.05, 4.69) is 98.6 Å². The van der Waals surface area contributed by atoms with Gasteiger partial charge in [0.05, 0.1) is 10.4 Å². The number of nitrogens with zero attached hydrogens (tertiary/aromatic N) is 1. The Morgan fingerprint density at radius 2 is 1.75 bits per heavy atom. The Morgan fingerprint density at radius 1 is 0.964 bits per heavy atom. The van der Waals surface area contributed by atoms with Crippen LogP contribution in [-0.4, -0.2) is 10.4 Å². The highest BCUT2D eigenvalue weighted by Crippen LogP contribution is 2.54. The van der Waals surface area contributed by atoms with E-state index in [1.54, 1.807) is 0 Å². The van der Waals surface area contributed by atoms with Crippen molar-refractivity contribution in [3.8, 4) is 0 Å². The fourth-order valence-corrected chi connectivity index (χ4v) is 6.42. The van der Waals surface area contributed by atoms with E-state index in [4.69, 9.17) is 0 Å². The minimum atomic E-state index is 0.448. The van der Waals surface area contributed by atoms with Gasteiger partial charge in [0.15, 0.2) is 0 Å². The first-order valence-electron chi connectivity index (χ1n) is 9.65. The maximum atomic E-state index is 3.70. The number of fused-ring (bicyclic) bond motifs is 8. The summed E-state index contributed by atoms with van der Waals surface area (Å²) in [5.74, 6) is 0.467. The van der Waals surface area contributed by atoms with E-state index in [-0.39, 0.29) is 0 Å². The fraction of sp³-hybridized carbons (Fsp3) is 0.167. The molecule has 3 aromatic carbocycles. The number of aromatic amines is 1. The Hall–Kier alpha value is -2.17. The quantitative estimate of drug-likeness (QED) is 0.360. The van der Waals surface area contributed by atoms with Crippen LogP contribution >= 0.6 is 27.7 Å². The first-order chi connectivity index (χ1) is 13.8. The predicted octanol–water partition coefficient (Wildman–Crippen LogP) is 6.90. The van der Waals surface area contributed by atoms with Crippen LogP contribution in [-0.2, 0) is 6.54 Å². The second-order valence-electron chi connectivity index (χ2n) is 7.59. The van der Waals surface area contributed by atoms with Crippen LogP contribution in [0, 0.1) is 0 Å². The minimum absolute atomic E-state index is 0.448. The Labute approximate surface area is 177 Å². The highest BCUT2D eigenvalue weighted by Gasteiger charge is 2.40. The molecule has 138 valence electrons. The minimum Gasteiger partial charge on any atom is -0.355 e. The molecule has 1 aromatic heterocycles. The number of nitrogens with one attached hydrogen (secondary N) is 1. The Kier molecular flexibility index (Phi) is 3.85. The van der Waals surface area contributed by atoms with Crippen molar-refractivity contribution in [1.82, 2.24) is 4.98 Å². The van der Waals surface area contributed by atoms with Crippen LogP contribution in [0.15, 0.2) is 82.3 Å². The molecular formula is C24H19BrN2S. The van der Waals surface area contributed by atoms with Gasteiger partial charge in [0.1, 0.15) is 0 Å². The van der Waals surface area contributed by atoms with Crippen LogP contribution in [0.4, 0.5) is 5.69 Å². The van der Waals surface area contributed by atoms with Crippen molar-refractivity contribution >= 4 is 44.3 Å². The number of H-pyrrole nitrogens is 1. The van der Waals surface area contributed by atoms with Crippen molar-refractivity contribution in [1.29, 1.82) is 0 Å². The van der Waals surface area contributed by atoms with E-state index in [0.717, 1.165) is 17.4 Å². The second kappa shape index (κ2) is 6.43. The molecule has 0 saturated heterocycles. The summed E-state index contributed by atoms with van der Waals surface area (Å²) in [5, 5.41) is 3.17. The zero-order valence-corrected chi connectivity index (χ0v) is 17.6. The number of aromatic nitrogens is 1. The molecule has 0 spiro atoms. The zero-order valence-electron chi connectivity index (χ0n) is 15.2. The lowest BCUT2D eigenvalue weighted by molar-refractivity contribution is 0.584. The molecule has 4 aromatic rings. The first kappa shape index (κ1) is 16.8. The van der Waals surface area contributed by atoms with Gasteiger partial charge in [-0.3, -0.25) is 0 Å². The summed E-state index contributed by atoms with van der Waals surface area (Å²) >= 11 is 5.54. The molecule has 2 bridgehead atoms. The lowest BCUT2D eigenvalue weighted by Crippen LogP contribution is -2.40. The van der Waals surface area contributed by atoms with Crippen molar-refractivity contribution in [3.05, 3.63) is 94.0 Å². The lowest BCUT2D eigenvalue weighted by atomic mass is 9.83.